The smallest absolute Gasteiger partial charge is 0.240 e. The third-order valence-electron chi connectivity index (χ3n) is 4.22. The molecule has 1 fully saturated rings. The molecule has 5 heteroatoms. The summed E-state index contributed by atoms with van der Waals surface area (Å²) in [5.41, 5.74) is 7.44. The molecule has 2 aromatic carbocycles. The van der Waals surface area contributed by atoms with Crippen LogP contribution in [0.2, 0.25) is 0 Å². The summed E-state index contributed by atoms with van der Waals surface area (Å²) in [7, 11) is 0. The standard InChI is InChI=1S/C20H22N2O3/c21-19(23)18(22-20(24)16-8-9-16)12-14-6-10-17(11-7-14)25-13-15-4-2-1-3-5-15/h1-7,10-11,16,18H,8-9,12-13H2,(H2,21,23)(H,22,24)/t18-/m1/s1. The van der Waals surface area contributed by atoms with Gasteiger partial charge in [-0.15, -0.1) is 0 Å². The van der Waals surface area contributed by atoms with Crippen LogP contribution in [0.3, 0.4) is 0 Å². The SMILES string of the molecule is NC(=O)[C@@H](Cc1ccc(OCc2ccccc2)cc1)NC(=O)C1CC1. The molecule has 1 aliphatic rings. The van der Waals surface area contributed by atoms with E-state index >= 15 is 0 Å². The van der Waals surface area contributed by atoms with Crippen molar-refractivity contribution < 1.29 is 14.3 Å². The van der Waals surface area contributed by atoms with Crippen LogP contribution in [-0.4, -0.2) is 17.9 Å². The lowest BCUT2D eigenvalue weighted by molar-refractivity contribution is -0.128. The number of amides is 2. The molecule has 2 aromatic rings. The zero-order valence-corrected chi connectivity index (χ0v) is 14.0. The number of rotatable bonds is 8. The van der Waals surface area contributed by atoms with Crippen LogP contribution >= 0.6 is 0 Å². The zero-order chi connectivity index (χ0) is 17.6. The number of benzene rings is 2. The molecular weight excluding hydrogens is 316 g/mol. The van der Waals surface area contributed by atoms with Crippen molar-refractivity contribution in [1.29, 1.82) is 0 Å². The van der Waals surface area contributed by atoms with Gasteiger partial charge >= 0.3 is 0 Å². The zero-order valence-electron chi connectivity index (χ0n) is 14.0. The minimum Gasteiger partial charge on any atom is -0.489 e. The van der Waals surface area contributed by atoms with Crippen LogP contribution in [0.15, 0.2) is 54.6 Å². The Balaban J connectivity index is 1.55. The van der Waals surface area contributed by atoms with Gasteiger partial charge in [0.25, 0.3) is 0 Å². The summed E-state index contributed by atoms with van der Waals surface area (Å²) >= 11 is 0. The highest BCUT2D eigenvalue weighted by Gasteiger charge is 2.32. The minimum absolute atomic E-state index is 0.0515. The second-order valence-corrected chi connectivity index (χ2v) is 6.36. The van der Waals surface area contributed by atoms with Gasteiger partial charge in [-0.3, -0.25) is 9.59 Å². The summed E-state index contributed by atoms with van der Waals surface area (Å²) in [4.78, 5) is 23.4. The van der Waals surface area contributed by atoms with Crippen molar-refractivity contribution >= 4 is 11.8 Å². The summed E-state index contributed by atoms with van der Waals surface area (Å²) in [6, 6.07) is 16.8. The normalized spacial score (nSPS) is 14.6. The highest BCUT2D eigenvalue weighted by atomic mass is 16.5. The highest BCUT2D eigenvalue weighted by Crippen LogP contribution is 2.29. The maximum atomic E-state index is 11.8. The molecule has 0 unspecified atom stereocenters. The van der Waals surface area contributed by atoms with E-state index in [0.29, 0.717) is 13.0 Å². The van der Waals surface area contributed by atoms with Gasteiger partial charge in [-0.25, -0.2) is 0 Å². The quantitative estimate of drug-likeness (QED) is 0.774. The van der Waals surface area contributed by atoms with Gasteiger partial charge < -0.3 is 15.8 Å². The van der Waals surface area contributed by atoms with Gasteiger partial charge in [0.2, 0.25) is 11.8 Å². The molecule has 0 saturated heterocycles. The Labute approximate surface area is 147 Å². The summed E-state index contributed by atoms with van der Waals surface area (Å²) in [6.07, 6.45) is 2.17. The minimum atomic E-state index is -0.677. The molecule has 0 bridgehead atoms. The van der Waals surface area contributed by atoms with Crippen molar-refractivity contribution in [3.8, 4) is 5.75 Å². The third kappa shape index (κ3) is 5.08. The Morgan fingerprint density at radius 2 is 1.72 bits per heavy atom. The van der Waals surface area contributed by atoms with Crippen molar-refractivity contribution in [2.75, 3.05) is 0 Å². The largest absolute Gasteiger partial charge is 0.489 e. The van der Waals surface area contributed by atoms with Crippen molar-refractivity contribution in [3.63, 3.8) is 0 Å². The molecule has 2 amide bonds. The molecule has 0 aliphatic heterocycles. The van der Waals surface area contributed by atoms with E-state index in [-0.39, 0.29) is 11.8 Å². The van der Waals surface area contributed by atoms with Crippen LogP contribution in [-0.2, 0) is 22.6 Å². The first-order valence-corrected chi connectivity index (χ1v) is 8.47. The molecule has 25 heavy (non-hydrogen) atoms. The number of primary amides is 1. The van der Waals surface area contributed by atoms with E-state index in [1.165, 1.54) is 0 Å². The second-order valence-electron chi connectivity index (χ2n) is 6.36. The number of nitrogens with two attached hydrogens (primary N) is 1. The average Bonchev–Trinajstić information content (AvgIpc) is 3.46. The van der Waals surface area contributed by atoms with Gasteiger partial charge in [-0.05, 0) is 36.1 Å². The van der Waals surface area contributed by atoms with E-state index in [2.05, 4.69) is 5.32 Å². The van der Waals surface area contributed by atoms with E-state index in [9.17, 15) is 9.59 Å². The maximum Gasteiger partial charge on any atom is 0.240 e. The van der Waals surface area contributed by atoms with Crippen LogP contribution in [0.1, 0.15) is 24.0 Å². The van der Waals surface area contributed by atoms with Crippen molar-refractivity contribution in [2.45, 2.75) is 31.9 Å². The Hall–Kier alpha value is -2.82. The lowest BCUT2D eigenvalue weighted by Gasteiger charge is -2.15. The summed E-state index contributed by atoms with van der Waals surface area (Å²) in [6.45, 7) is 0.502. The molecular formula is C20H22N2O3. The van der Waals surface area contributed by atoms with E-state index in [4.69, 9.17) is 10.5 Å². The maximum absolute atomic E-state index is 11.8. The molecule has 1 atom stereocenters. The molecule has 0 heterocycles. The molecule has 3 rings (SSSR count). The van der Waals surface area contributed by atoms with Crippen LogP contribution < -0.4 is 15.8 Å². The molecule has 0 spiro atoms. The lowest BCUT2D eigenvalue weighted by atomic mass is 10.0. The van der Waals surface area contributed by atoms with Gasteiger partial charge in [0, 0.05) is 12.3 Å². The summed E-state index contributed by atoms with van der Waals surface area (Å²) in [5.74, 6) is 0.214. The predicted molar refractivity (Wildman–Crippen MR) is 94.8 cm³/mol. The average molecular weight is 338 g/mol. The number of carbonyl (C=O) groups is 2. The van der Waals surface area contributed by atoms with Crippen LogP contribution in [0, 0.1) is 5.92 Å². The van der Waals surface area contributed by atoms with E-state index in [0.717, 1.165) is 29.7 Å². The van der Waals surface area contributed by atoms with Gasteiger partial charge in [-0.2, -0.15) is 0 Å². The van der Waals surface area contributed by atoms with Crippen LogP contribution in [0.4, 0.5) is 0 Å². The summed E-state index contributed by atoms with van der Waals surface area (Å²) < 4.78 is 5.74. The Morgan fingerprint density at radius 1 is 1.04 bits per heavy atom. The number of carbonyl (C=O) groups excluding carboxylic acids is 2. The van der Waals surface area contributed by atoms with Gasteiger partial charge in [0.1, 0.15) is 18.4 Å². The third-order valence-corrected chi connectivity index (χ3v) is 4.22. The fraction of sp³-hybridized carbons (Fsp3) is 0.300. The number of hydrogen-bond donors (Lipinski definition) is 2. The first-order valence-electron chi connectivity index (χ1n) is 8.47. The van der Waals surface area contributed by atoms with Crippen molar-refractivity contribution in [2.24, 2.45) is 11.7 Å². The molecule has 3 N–H and O–H groups in total. The second kappa shape index (κ2) is 7.83. The fourth-order valence-corrected chi connectivity index (χ4v) is 2.56. The Kier molecular flexibility index (Phi) is 5.33. The monoisotopic (exact) mass is 338 g/mol. The Morgan fingerprint density at radius 3 is 2.32 bits per heavy atom. The highest BCUT2D eigenvalue weighted by molar-refractivity contribution is 5.88. The number of hydrogen-bond acceptors (Lipinski definition) is 3. The first kappa shape index (κ1) is 17.0. The van der Waals surface area contributed by atoms with E-state index in [1.807, 2.05) is 54.6 Å². The molecule has 130 valence electrons. The Bertz CT molecular complexity index is 724. The topological polar surface area (TPSA) is 81.4 Å². The number of nitrogens with one attached hydrogen (secondary N) is 1. The van der Waals surface area contributed by atoms with Crippen molar-refractivity contribution in [1.82, 2.24) is 5.32 Å². The van der Waals surface area contributed by atoms with Crippen LogP contribution in [0.5, 0.6) is 5.75 Å². The molecule has 0 aromatic heterocycles. The molecule has 1 saturated carbocycles. The first-order chi connectivity index (χ1) is 12.1. The van der Waals surface area contributed by atoms with Gasteiger partial charge in [0.05, 0.1) is 0 Å². The molecule has 5 nitrogen and oxygen atoms in total. The number of ether oxygens (including phenoxy) is 1. The van der Waals surface area contributed by atoms with E-state index < -0.39 is 11.9 Å². The fourth-order valence-electron chi connectivity index (χ4n) is 2.56. The predicted octanol–water partition coefficient (Wildman–Crippen LogP) is 2.19. The lowest BCUT2D eigenvalue weighted by Crippen LogP contribution is -2.46. The van der Waals surface area contributed by atoms with Gasteiger partial charge in [-0.1, -0.05) is 42.5 Å². The molecule has 0 radical (unpaired) electrons. The van der Waals surface area contributed by atoms with Gasteiger partial charge in [0.15, 0.2) is 0 Å². The summed E-state index contributed by atoms with van der Waals surface area (Å²) in [5, 5.41) is 2.74. The van der Waals surface area contributed by atoms with Crippen LogP contribution in [0.25, 0.3) is 0 Å². The van der Waals surface area contributed by atoms with Crippen molar-refractivity contribution in [3.05, 3.63) is 65.7 Å². The molecule has 1 aliphatic carbocycles. The van der Waals surface area contributed by atoms with E-state index in [1.54, 1.807) is 0 Å².